The zero-order chi connectivity index (χ0) is 9.07. The van der Waals surface area contributed by atoms with Gasteiger partial charge in [-0.15, -0.1) is 0 Å². The van der Waals surface area contributed by atoms with E-state index in [1.807, 2.05) is 25.8 Å². The summed E-state index contributed by atoms with van der Waals surface area (Å²) in [6, 6.07) is 0. The van der Waals surface area contributed by atoms with Crippen LogP contribution in [-0.2, 0) is 4.79 Å². The summed E-state index contributed by atoms with van der Waals surface area (Å²) < 4.78 is 0. The molecule has 0 aliphatic heterocycles. The molecule has 4 N–H and O–H groups in total. The van der Waals surface area contributed by atoms with Crippen molar-refractivity contribution in [2.75, 3.05) is 20.1 Å². The second-order valence-corrected chi connectivity index (χ2v) is 3.34. The molecule has 0 radical (unpaired) electrons. The van der Waals surface area contributed by atoms with E-state index in [-0.39, 0.29) is 18.0 Å². The maximum atomic E-state index is 10.5. The number of nitrogens with two attached hydrogens (primary N) is 2. The molecule has 0 fully saturated rings. The van der Waals surface area contributed by atoms with Crippen LogP contribution in [0.15, 0.2) is 0 Å². The van der Waals surface area contributed by atoms with Gasteiger partial charge in [-0.3, -0.25) is 9.69 Å². The molecule has 66 valence electrons. The van der Waals surface area contributed by atoms with Gasteiger partial charge in [0.1, 0.15) is 0 Å². The van der Waals surface area contributed by atoms with E-state index in [1.165, 1.54) is 0 Å². The Labute approximate surface area is 67.5 Å². The normalized spacial score (nSPS) is 12.1. The fraction of sp³-hybridized carbons (Fsp3) is 0.857. The van der Waals surface area contributed by atoms with E-state index in [4.69, 9.17) is 11.5 Å². The molecule has 0 atom stereocenters. The van der Waals surface area contributed by atoms with Gasteiger partial charge in [0.25, 0.3) is 0 Å². The fourth-order valence-electron chi connectivity index (χ4n) is 0.604. The highest BCUT2D eigenvalue weighted by atomic mass is 16.1. The van der Waals surface area contributed by atoms with E-state index >= 15 is 0 Å². The molecule has 4 heteroatoms. The first-order valence-electron chi connectivity index (χ1n) is 3.60. The van der Waals surface area contributed by atoms with Gasteiger partial charge in [0.15, 0.2) is 0 Å². The Bertz CT molecular complexity index is 145. The number of carbonyl (C=O) groups excluding carboxylic acids is 1. The number of nitrogens with zero attached hydrogens (tertiary/aromatic N) is 1. The summed E-state index contributed by atoms with van der Waals surface area (Å²) in [7, 11) is 1.83. The third-order valence-electron chi connectivity index (χ3n) is 1.93. The number of likely N-dealkylation sites (N-methyl/N-ethyl adjacent to an activating group) is 1. The molecule has 0 unspecified atom stereocenters. The Hall–Kier alpha value is -0.610. The van der Waals surface area contributed by atoms with Crippen molar-refractivity contribution in [3.63, 3.8) is 0 Å². The smallest absolute Gasteiger partial charge is 0.231 e. The van der Waals surface area contributed by atoms with Crippen molar-refractivity contribution in [3.8, 4) is 0 Å². The predicted molar refractivity (Wildman–Crippen MR) is 45.0 cm³/mol. The van der Waals surface area contributed by atoms with Gasteiger partial charge in [-0.25, -0.2) is 0 Å². The van der Waals surface area contributed by atoms with Crippen LogP contribution in [0.3, 0.4) is 0 Å². The second-order valence-electron chi connectivity index (χ2n) is 3.34. The fourth-order valence-corrected chi connectivity index (χ4v) is 0.604. The third kappa shape index (κ3) is 3.34. The Morgan fingerprint density at radius 3 is 2.27 bits per heavy atom. The predicted octanol–water partition coefficient (Wildman–Crippen LogP) is -0.859. The summed E-state index contributed by atoms with van der Waals surface area (Å²) in [6.07, 6.45) is 0. The van der Waals surface area contributed by atoms with Crippen LogP contribution in [-0.4, -0.2) is 36.5 Å². The molecular weight excluding hydrogens is 142 g/mol. The average Bonchev–Trinajstić information content (AvgIpc) is 1.86. The van der Waals surface area contributed by atoms with E-state index in [9.17, 15) is 4.79 Å². The lowest BCUT2D eigenvalue weighted by Gasteiger charge is -2.33. The number of hydrogen-bond donors (Lipinski definition) is 2. The van der Waals surface area contributed by atoms with Crippen molar-refractivity contribution in [2.24, 2.45) is 11.5 Å². The van der Waals surface area contributed by atoms with E-state index in [0.29, 0.717) is 6.54 Å². The first-order valence-corrected chi connectivity index (χ1v) is 3.60. The number of rotatable bonds is 4. The van der Waals surface area contributed by atoms with Gasteiger partial charge in [0, 0.05) is 12.1 Å². The Kier molecular flexibility index (Phi) is 3.48. The molecule has 1 amide bonds. The highest BCUT2D eigenvalue weighted by Crippen LogP contribution is 2.08. The van der Waals surface area contributed by atoms with Gasteiger partial charge in [-0.05, 0) is 20.9 Å². The summed E-state index contributed by atoms with van der Waals surface area (Å²) in [5, 5.41) is 0. The lowest BCUT2D eigenvalue weighted by atomic mass is 10.0. The third-order valence-corrected chi connectivity index (χ3v) is 1.93. The zero-order valence-corrected chi connectivity index (χ0v) is 7.42. The molecular formula is C7H17N3O. The van der Waals surface area contributed by atoms with Crippen LogP contribution in [0.25, 0.3) is 0 Å². The lowest BCUT2D eigenvalue weighted by molar-refractivity contribution is -0.119. The molecule has 0 aliphatic carbocycles. The van der Waals surface area contributed by atoms with Crippen LogP contribution in [0.2, 0.25) is 0 Å². The largest absolute Gasteiger partial charge is 0.369 e. The van der Waals surface area contributed by atoms with Crippen molar-refractivity contribution in [3.05, 3.63) is 0 Å². The SMILES string of the molecule is CN(CC(N)=O)C(C)(C)CN. The summed E-state index contributed by atoms with van der Waals surface area (Å²) in [6.45, 7) is 4.70. The number of carbonyl (C=O) groups is 1. The first-order chi connectivity index (χ1) is 4.90. The summed E-state index contributed by atoms with van der Waals surface area (Å²) in [5.74, 6) is -0.325. The molecule has 0 spiro atoms. The quantitative estimate of drug-likeness (QED) is 0.560. The maximum Gasteiger partial charge on any atom is 0.231 e. The minimum absolute atomic E-state index is 0.158. The van der Waals surface area contributed by atoms with Crippen molar-refractivity contribution in [2.45, 2.75) is 19.4 Å². The molecule has 0 aromatic heterocycles. The number of primary amides is 1. The van der Waals surface area contributed by atoms with Gasteiger partial charge in [0.2, 0.25) is 5.91 Å². The van der Waals surface area contributed by atoms with Gasteiger partial charge < -0.3 is 11.5 Å². The van der Waals surface area contributed by atoms with Gasteiger partial charge in [-0.2, -0.15) is 0 Å². The molecule has 0 saturated carbocycles. The molecule has 0 bridgehead atoms. The van der Waals surface area contributed by atoms with Gasteiger partial charge in [-0.1, -0.05) is 0 Å². The molecule has 11 heavy (non-hydrogen) atoms. The van der Waals surface area contributed by atoms with Crippen LogP contribution in [0, 0.1) is 0 Å². The Morgan fingerprint density at radius 1 is 1.55 bits per heavy atom. The minimum Gasteiger partial charge on any atom is -0.369 e. The van der Waals surface area contributed by atoms with E-state index < -0.39 is 0 Å². The molecule has 0 aromatic carbocycles. The number of hydrogen-bond acceptors (Lipinski definition) is 3. The van der Waals surface area contributed by atoms with E-state index in [0.717, 1.165) is 0 Å². The maximum absolute atomic E-state index is 10.5. The molecule has 4 nitrogen and oxygen atoms in total. The summed E-state index contributed by atoms with van der Waals surface area (Å²) in [5.41, 5.74) is 10.4. The molecule has 0 heterocycles. The average molecular weight is 159 g/mol. The minimum atomic E-state index is -0.325. The van der Waals surface area contributed by atoms with Gasteiger partial charge in [0.05, 0.1) is 6.54 Å². The Morgan fingerprint density at radius 2 is 2.00 bits per heavy atom. The summed E-state index contributed by atoms with van der Waals surface area (Å²) >= 11 is 0. The zero-order valence-electron chi connectivity index (χ0n) is 7.42. The molecule has 0 rings (SSSR count). The van der Waals surface area contributed by atoms with Crippen LogP contribution < -0.4 is 11.5 Å². The van der Waals surface area contributed by atoms with Crippen molar-refractivity contribution in [1.82, 2.24) is 4.90 Å². The standard InChI is InChI=1S/C7H17N3O/c1-7(2,5-8)10(3)4-6(9)11/h4-5,8H2,1-3H3,(H2,9,11). The van der Waals surface area contributed by atoms with Crippen LogP contribution in [0.1, 0.15) is 13.8 Å². The highest BCUT2D eigenvalue weighted by Gasteiger charge is 2.22. The highest BCUT2D eigenvalue weighted by molar-refractivity contribution is 5.75. The Balaban J connectivity index is 4.01. The van der Waals surface area contributed by atoms with Crippen molar-refractivity contribution in [1.29, 1.82) is 0 Å². The van der Waals surface area contributed by atoms with Gasteiger partial charge >= 0.3 is 0 Å². The first kappa shape index (κ1) is 10.4. The van der Waals surface area contributed by atoms with Crippen molar-refractivity contribution >= 4 is 5.91 Å². The van der Waals surface area contributed by atoms with Crippen molar-refractivity contribution < 1.29 is 4.79 Å². The topological polar surface area (TPSA) is 72.3 Å². The number of amides is 1. The van der Waals surface area contributed by atoms with Crippen LogP contribution in [0.4, 0.5) is 0 Å². The molecule has 0 saturated heterocycles. The molecule has 0 aliphatic rings. The van der Waals surface area contributed by atoms with Crippen LogP contribution in [0.5, 0.6) is 0 Å². The van der Waals surface area contributed by atoms with Crippen LogP contribution >= 0.6 is 0 Å². The second kappa shape index (κ2) is 3.69. The van der Waals surface area contributed by atoms with E-state index in [1.54, 1.807) is 0 Å². The van der Waals surface area contributed by atoms with E-state index in [2.05, 4.69) is 0 Å². The lowest BCUT2D eigenvalue weighted by Crippen LogP contribution is -2.50. The summed E-state index contributed by atoms with van der Waals surface area (Å²) in [4.78, 5) is 12.4. The monoisotopic (exact) mass is 159 g/mol. The molecule has 0 aromatic rings.